The Morgan fingerprint density at radius 3 is 2.47 bits per heavy atom. The number of carbonyl (C=O) groups excluding carboxylic acids is 1. The molecule has 0 aromatic rings. The van der Waals surface area contributed by atoms with E-state index in [0.29, 0.717) is 11.5 Å². The molecule has 2 saturated carbocycles. The summed E-state index contributed by atoms with van der Waals surface area (Å²) in [5, 5.41) is 0. The number of fused-ring (bicyclic) bond motifs is 1. The van der Waals surface area contributed by atoms with Crippen molar-refractivity contribution < 1.29 is 4.79 Å². The van der Waals surface area contributed by atoms with Gasteiger partial charge in [0.25, 0.3) is 0 Å². The molecule has 0 radical (unpaired) electrons. The van der Waals surface area contributed by atoms with Gasteiger partial charge in [0.15, 0.2) is 5.78 Å². The molecule has 2 N–H and O–H groups in total. The highest BCUT2D eigenvalue weighted by atomic mass is 16.1. The molecule has 2 nitrogen and oxygen atoms in total. The van der Waals surface area contributed by atoms with Crippen molar-refractivity contribution >= 4 is 5.78 Å². The summed E-state index contributed by atoms with van der Waals surface area (Å²) in [6.07, 6.45) is 6.89. The van der Waals surface area contributed by atoms with Gasteiger partial charge in [0.05, 0.1) is 0 Å². The van der Waals surface area contributed by atoms with Crippen LogP contribution in [0.3, 0.4) is 0 Å². The van der Waals surface area contributed by atoms with Gasteiger partial charge in [0.2, 0.25) is 0 Å². The summed E-state index contributed by atoms with van der Waals surface area (Å²) >= 11 is 0. The van der Waals surface area contributed by atoms with Crippen LogP contribution in [0.2, 0.25) is 0 Å². The Bertz CT molecular complexity index is 401. The van der Waals surface area contributed by atoms with Gasteiger partial charge in [-0.05, 0) is 48.3 Å². The summed E-state index contributed by atoms with van der Waals surface area (Å²) in [4.78, 5) is 12.0. The summed E-state index contributed by atoms with van der Waals surface area (Å²) in [7, 11) is 0. The fourth-order valence-corrected chi connectivity index (χ4v) is 2.31. The molecular formula is C13H15NO. The Morgan fingerprint density at radius 1 is 1.27 bits per heavy atom. The fraction of sp³-hybridized carbons (Fsp3) is 0.308. The Kier molecular flexibility index (Phi) is 2.35. The first-order valence-corrected chi connectivity index (χ1v) is 5.18. The van der Waals surface area contributed by atoms with Crippen LogP contribution in [0.15, 0.2) is 48.2 Å². The van der Waals surface area contributed by atoms with Crippen molar-refractivity contribution in [3.05, 3.63) is 48.2 Å². The third kappa shape index (κ3) is 1.37. The zero-order valence-corrected chi connectivity index (χ0v) is 8.70. The lowest BCUT2D eigenvalue weighted by atomic mass is 9.60. The number of carbonyl (C=O) groups is 1. The third-order valence-corrected chi connectivity index (χ3v) is 3.41. The van der Waals surface area contributed by atoms with Gasteiger partial charge < -0.3 is 5.73 Å². The SMILES string of the molecule is C=C1C(=C)C2CCC2C(=O)/C1=C/C=C\N. The molecule has 2 aliphatic carbocycles. The highest BCUT2D eigenvalue weighted by molar-refractivity contribution is 6.05. The van der Waals surface area contributed by atoms with Crippen LogP contribution in [-0.2, 0) is 4.79 Å². The predicted octanol–water partition coefficient (Wildman–Crippen LogP) is 2.11. The van der Waals surface area contributed by atoms with Crippen LogP contribution in [0.25, 0.3) is 0 Å². The smallest absolute Gasteiger partial charge is 0.167 e. The maximum Gasteiger partial charge on any atom is 0.167 e. The molecule has 0 amide bonds. The zero-order chi connectivity index (χ0) is 11.0. The molecule has 0 heterocycles. The number of allylic oxidation sites excluding steroid dienone is 5. The number of nitrogens with two attached hydrogens (primary N) is 1. The Labute approximate surface area is 89.8 Å². The minimum atomic E-state index is 0.153. The first kappa shape index (κ1) is 9.97. The van der Waals surface area contributed by atoms with Crippen LogP contribution < -0.4 is 5.73 Å². The number of Topliss-reactive ketones (excluding diaryl/α,β-unsaturated/α-hetero) is 1. The fourth-order valence-electron chi connectivity index (χ4n) is 2.31. The first-order chi connectivity index (χ1) is 7.16. The minimum absolute atomic E-state index is 0.153. The predicted molar refractivity (Wildman–Crippen MR) is 60.9 cm³/mol. The third-order valence-electron chi connectivity index (χ3n) is 3.41. The molecule has 0 spiro atoms. The van der Waals surface area contributed by atoms with Crippen LogP contribution in [0.1, 0.15) is 12.8 Å². The Balaban J connectivity index is 2.35. The second kappa shape index (κ2) is 3.54. The molecule has 2 atom stereocenters. The van der Waals surface area contributed by atoms with E-state index in [1.165, 1.54) is 6.20 Å². The Hall–Kier alpha value is -1.57. The molecule has 2 heteroatoms. The molecule has 2 unspecified atom stereocenters. The molecule has 0 aliphatic heterocycles. The van der Waals surface area contributed by atoms with Gasteiger partial charge in [0, 0.05) is 11.5 Å². The van der Waals surface area contributed by atoms with Crippen LogP contribution in [0.5, 0.6) is 0 Å². The second-order valence-corrected chi connectivity index (χ2v) is 4.12. The molecule has 2 fully saturated rings. The van der Waals surface area contributed by atoms with Crippen LogP contribution in [-0.4, -0.2) is 5.78 Å². The van der Waals surface area contributed by atoms with Gasteiger partial charge in [-0.1, -0.05) is 13.2 Å². The van der Waals surface area contributed by atoms with E-state index in [9.17, 15) is 4.79 Å². The molecule has 2 rings (SSSR count). The van der Waals surface area contributed by atoms with Gasteiger partial charge in [-0.2, -0.15) is 0 Å². The van der Waals surface area contributed by atoms with Crippen molar-refractivity contribution in [3.8, 4) is 0 Å². The topological polar surface area (TPSA) is 43.1 Å². The van der Waals surface area contributed by atoms with E-state index in [1.54, 1.807) is 12.2 Å². The van der Waals surface area contributed by atoms with Crippen LogP contribution in [0, 0.1) is 11.8 Å². The van der Waals surface area contributed by atoms with E-state index < -0.39 is 0 Å². The van der Waals surface area contributed by atoms with Crippen LogP contribution >= 0.6 is 0 Å². The lowest BCUT2D eigenvalue weighted by molar-refractivity contribution is -0.123. The van der Waals surface area contributed by atoms with Gasteiger partial charge >= 0.3 is 0 Å². The summed E-state index contributed by atoms with van der Waals surface area (Å²) in [5.74, 6) is 0.714. The number of hydrogen-bond acceptors (Lipinski definition) is 2. The summed E-state index contributed by atoms with van der Waals surface area (Å²) < 4.78 is 0. The largest absolute Gasteiger partial charge is 0.405 e. The summed E-state index contributed by atoms with van der Waals surface area (Å²) in [5.41, 5.74) is 7.76. The van der Waals surface area contributed by atoms with Crippen molar-refractivity contribution in [2.75, 3.05) is 0 Å². The van der Waals surface area contributed by atoms with Crippen molar-refractivity contribution in [1.29, 1.82) is 0 Å². The number of rotatable bonds is 1. The van der Waals surface area contributed by atoms with Crippen LogP contribution in [0.4, 0.5) is 0 Å². The van der Waals surface area contributed by atoms with Crippen molar-refractivity contribution in [2.45, 2.75) is 12.8 Å². The second-order valence-electron chi connectivity index (χ2n) is 4.12. The van der Waals surface area contributed by atoms with E-state index in [-0.39, 0.29) is 11.7 Å². The highest BCUT2D eigenvalue weighted by Crippen LogP contribution is 2.48. The zero-order valence-electron chi connectivity index (χ0n) is 8.70. The maximum absolute atomic E-state index is 12.0. The van der Waals surface area contributed by atoms with E-state index in [4.69, 9.17) is 5.73 Å². The number of ketones is 1. The normalized spacial score (nSPS) is 33.3. The van der Waals surface area contributed by atoms with Gasteiger partial charge in [-0.3, -0.25) is 4.79 Å². The molecule has 2 aliphatic rings. The molecule has 78 valence electrons. The molecule has 0 bridgehead atoms. The van der Waals surface area contributed by atoms with E-state index in [2.05, 4.69) is 13.2 Å². The standard InChI is InChI=1S/C13H15NO/c1-8-9(2)11(4-3-7-14)13(15)12-6-5-10(8)12/h3-4,7,10,12H,1-2,5-6,14H2/b7-3-,11-4+. The van der Waals surface area contributed by atoms with E-state index >= 15 is 0 Å². The Morgan fingerprint density at radius 2 is 1.93 bits per heavy atom. The van der Waals surface area contributed by atoms with Gasteiger partial charge in [-0.25, -0.2) is 0 Å². The maximum atomic E-state index is 12.0. The monoisotopic (exact) mass is 201 g/mol. The van der Waals surface area contributed by atoms with E-state index in [0.717, 1.165) is 24.0 Å². The van der Waals surface area contributed by atoms with E-state index in [1.807, 2.05) is 0 Å². The van der Waals surface area contributed by atoms with Crippen molar-refractivity contribution in [2.24, 2.45) is 17.6 Å². The molecule has 0 saturated heterocycles. The van der Waals surface area contributed by atoms with Crippen molar-refractivity contribution in [1.82, 2.24) is 0 Å². The average molecular weight is 201 g/mol. The molecule has 0 aromatic heterocycles. The molecular weight excluding hydrogens is 186 g/mol. The van der Waals surface area contributed by atoms with Gasteiger partial charge in [-0.15, -0.1) is 0 Å². The molecule has 0 aromatic carbocycles. The minimum Gasteiger partial charge on any atom is -0.405 e. The van der Waals surface area contributed by atoms with Crippen molar-refractivity contribution in [3.63, 3.8) is 0 Å². The summed E-state index contributed by atoms with van der Waals surface area (Å²) in [6.45, 7) is 7.96. The lowest BCUT2D eigenvalue weighted by Gasteiger charge is -2.42. The first-order valence-electron chi connectivity index (χ1n) is 5.18. The number of hydrogen-bond donors (Lipinski definition) is 1. The quantitative estimate of drug-likeness (QED) is 0.660. The summed E-state index contributed by atoms with van der Waals surface area (Å²) in [6, 6.07) is 0. The lowest BCUT2D eigenvalue weighted by Crippen LogP contribution is -2.39. The molecule has 15 heavy (non-hydrogen) atoms. The highest BCUT2D eigenvalue weighted by Gasteiger charge is 2.44. The average Bonchev–Trinajstić information content (AvgIpc) is 2.14. The van der Waals surface area contributed by atoms with Gasteiger partial charge in [0.1, 0.15) is 0 Å².